The summed E-state index contributed by atoms with van der Waals surface area (Å²) in [6, 6.07) is 22.0. The number of halogens is 2. The van der Waals surface area contributed by atoms with E-state index in [4.69, 9.17) is 4.74 Å². The molecule has 1 aliphatic heterocycles. The first kappa shape index (κ1) is 24.8. The van der Waals surface area contributed by atoms with Crippen LogP contribution in [0.1, 0.15) is 28.7 Å². The van der Waals surface area contributed by atoms with E-state index in [0.29, 0.717) is 23.8 Å². The number of hydrogen-bond donors (Lipinski definition) is 0. The van der Waals surface area contributed by atoms with E-state index in [0.717, 1.165) is 44.7 Å². The molecular formula is C27H23Br2NO3S. The van der Waals surface area contributed by atoms with Crippen molar-refractivity contribution in [3.63, 3.8) is 0 Å². The van der Waals surface area contributed by atoms with Crippen LogP contribution in [0.4, 0.5) is 4.79 Å². The van der Waals surface area contributed by atoms with Crippen LogP contribution < -0.4 is 4.74 Å². The second-order valence-electron chi connectivity index (χ2n) is 8.01. The van der Waals surface area contributed by atoms with Gasteiger partial charge in [0.05, 0.1) is 13.9 Å². The number of aryl methyl sites for hydroxylation is 2. The Morgan fingerprint density at radius 2 is 1.62 bits per heavy atom. The third-order valence-corrected chi connectivity index (χ3v) is 7.47. The molecular weight excluding hydrogens is 578 g/mol. The van der Waals surface area contributed by atoms with E-state index in [1.807, 2.05) is 42.5 Å². The normalized spacial score (nSPS) is 14.8. The number of ether oxygens (including phenoxy) is 1. The summed E-state index contributed by atoms with van der Waals surface area (Å²) in [5.41, 5.74) is 4.28. The summed E-state index contributed by atoms with van der Waals surface area (Å²) in [5.74, 6) is 0.446. The van der Waals surface area contributed by atoms with Gasteiger partial charge in [-0.3, -0.25) is 14.5 Å². The third-order valence-electron chi connectivity index (χ3n) is 5.39. The van der Waals surface area contributed by atoms with Gasteiger partial charge in [0.2, 0.25) is 0 Å². The predicted molar refractivity (Wildman–Crippen MR) is 145 cm³/mol. The largest absolute Gasteiger partial charge is 0.487 e. The maximum atomic E-state index is 12.9. The van der Waals surface area contributed by atoms with Gasteiger partial charge in [-0.15, -0.1) is 0 Å². The molecule has 0 unspecified atom stereocenters. The van der Waals surface area contributed by atoms with Crippen LogP contribution in [0.15, 0.2) is 80.6 Å². The van der Waals surface area contributed by atoms with Crippen LogP contribution in [0.5, 0.6) is 5.75 Å². The van der Waals surface area contributed by atoms with Gasteiger partial charge >= 0.3 is 0 Å². The average Bonchev–Trinajstić information content (AvgIpc) is 3.07. The summed E-state index contributed by atoms with van der Waals surface area (Å²) in [6.07, 6.45) is 3.31. The van der Waals surface area contributed by atoms with Gasteiger partial charge in [0.25, 0.3) is 11.1 Å². The molecule has 0 spiro atoms. The van der Waals surface area contributed by atoms with Crippen molar-refractivity contribution in [2.45, 2.75) is 26.4 Å². The molecule has 174 valence electrons. The summed E-state index contributed by atoms with van der Waals surface area (Å²) in [4.78, 5) is 27.1. The number of carbonyl (C=O) groups excluding carboxylic acids is 2. The van der Waals surface area contributed by atoms with Crippen molar-refractivity contribution in [3.8, 4) is 5.75 Å². The molecule has 1 saturated heterocycles. The molecule has 1 aliphatic rings. The number of benzene rings is 3. The Labute approximate surface area is 220 Å². The molecule has 7 heteroatoms. The summed E-state index contributed by atoms with van der Waals surface area (Å²) in [5, 5.41) is -0.222. The van der Waals surface area contributed by atoms with E-state index in [9.17, 15) is 9.59 Å². The first-order valence-electron chi connectivity index (χ1n) is 10.9. The lowest BCUT2D eigenvalue weighted by Gasteiger charge is -2.12. The number of imide groups is 1. The Kier molecular flexibility index (Phi) is 8.29. The molecule has 4 nitrogen and oxygen atoms in total. The second kappa shape index (κ2) is 11.4. The molecule has 0 radical (unpaired) electrons. The lowest BCUT2D eigenvalue weighted by Crippen LogP contribution is -2.29. The maximum absolute atomic E-state index is 12.9. The molecule has 0 aliphatic carbocycles. The van der Waals surface area contributed by atoms with Crippen molar-refractivity contribution in [3.05, 3.63) is 103 Å². The third kappa shape index (κ3) is 6.20. The van der Waals surface area contributed by atoms with Crippen LogP contribution in [-0.4, -0.2) is 22.6 Å². The van der Waals surface area contributed by atoms with Crippen molar-refractivity contribution in [1.82, 2.24) is 4.90 Å². The van der Waals surface area contributed by atoms with Gasteiger partial charge in [-0.1, -0.05) is 60.2 Å². The zero-order chi connectivity index (χ0) is 24.1. The van der Waals surface area contributed by atoms with Gasteiger partial charge in [0.1, 0.15) is 12.4 Å². The molecule has 3 aromatic rings. The van der Waals surface area contributed by atoms with Crippen LogP contribution in [0.2, 0.25) is 0 Å². The SMILES string of the molecule is Cc1ccc(COc2c(Br)cc(/C=C3/SC(=O)N(CCCc4ccccc4)C3=O)cc2Br)cc1. The van der Waals surface area contributed by atoms with Gasteiger partial charge in [0, 0.05) is 6.54 Å². The first-order chi connectivity index (χ1) is 16.4. The van der Waals surface area contributed by atoms with Crippen LogP contribution in [0.3, 0.4) is 0 Å². The van der Waals surface area contributed by atoms with E-state index in [1.54, 1.807) is 6.08 Å². The highest BCUT2D eigenvalue weighted by molar-refractivity contribution is 9.11. The zero-order valence-electron chi connectivity index (χ0n) is 18.6. The van der Waals surface area contributed by atoms with E-state index in [1.165, 1.54) is 16.0 Å². The van der Waals surface area contributed by atoms with Crippen LogP contribution in [0.25, 0.3) is 6.08 Å². The monoisotopic (exact) mass is 599 g/mol. The summed E-state index contributed by atoms with van der Waals surface area (Å²) >= 11 is 8.13. The Bertz CT molecular complexity index is 1200. The fraction of sp³-hybridized carbons (Fsp3) is 0.185. The molecule has 0 saturated carbocycles. The molecule has 3 aromatic carbocycles. The highest BCUT2D eigenvalue weighted by Crippen LogP contribution is 2.38. The van der Waals surface area contributed by atoms with Crippen LogP contribution in [0, 0.1) is 6.92 Å². The van der Waals surface area contributed by atoms with Crippen molar-refractivity contribution >= 4 is 60.8 Å². The van der Waals surface area contributed by atoms with Crippen molar-refractivity contribution in [1.29, 1.82) is 0 Å². The summed E-state index contributed by atoms with van der Waals surface area (Å²) in [7, 11) is 0. The number of carbonyl (C=O) groups is 2. The summed E-state index contributed by atoms with van der Waals surface area (Å²) in [6.45, 7) is 2.91. The molecule has 0 N–H and O–H groups in total. The van der Waals surface area contributed by atoms with E-state index < -0.39 is 0 Å². The molecule has 34 heavy (non-hydrogen) atoms. The standard InChI is InChI=1S/C27H23Br2NO3S/c1-18-9-11-20(12-10-18)17-33-25-22(28)14-21(15-23(25)29)16-24-26(31)30(27(32)34-24)13-5-8-19-6-3-2-4-7-19/h2-4,6-7,9-12,14-16H,5,8,13,17H2,1H3/b24-16+. The quantitative estimate of drug-likeness (QED) is 0.248. The topological polar surface area (TPSA) is 46.6 Å². The fourth-order valence-electron chi connectivity index (χ4n) is 3.57. The van der Waals surface area contributed by atoms with Gasteiger partial charge in [-0.2, -0.15) is 0 Å². The minimum atomic E-state index is -0.241. The number of amides is 2. The number of rotatable bonds is 8. The predicted octanol–water partition coefficient (Wildman–Crippen LogP) is 7.77. The van der Waals surface area contributed by atoms with Crippen LogP contribution in [-0.2, 0) is 17.8 Å². The van der Waals surface area contributed by atoms with E-state index in [-0.39, 0.29) is 11.1 Å². The Morgan fingerprint density at radius 1 is 0.941 bits per heavy atom. The lowest BCUT2D eigenvalue weighted by molar-refractivity contribution is -0.122. The van der Waals surface area contributed by atoms with Gasteiger partial charge in [-0.05, 0) is 98.3 Å². The first-order valence-corrected chi connectivity index (χ1v) is 13.3. The van der Waals surface area contributed by atoms with Gasteiger partial charge in [-0.25, -0.2) is 0 Å². The Balaban J connectivity index is 1.41. The molecule has 1 heterocycles. The maximum Gasteiger partial charge on any atom is 0.293 e. The summed E-state index contributed by atoms with van der Waals surface area (Å²) < 4.78 is 7.54. The zero-order valence-corrected chi connectivity index (χ0v) is 22.6. The molecule has 2 amide bonds. The smallest absolute Gasteiger partial charge is 0.293 e. The minimum absolute atomic E-state index is 0.222. The lowest BCUT2D eigenvalue weighted by atomic mass is 10.1. The fourth-order valence-corrected chi connectivity index (χ4v) is 5.89. The molecule has 0 atom stereocenters. The van der Waals surface area contributed by atoms with Crippen LogP contribution >= 0.6 is 43.6 Å². The average molecular weight is 601 g/mol. The van der Waals surface area contributed by atoms with E-state index in [2.05, 4.69) is 63.0 Å². The minimum Gasteiger partial charge on any atom is -0.487 e. The Hall–Kier alpha value is -2.35. The van der Waals surface area contributed by atoms with Gasteiger partial charge in [0.15, 0.2) is 0 Å². The van der Waals surface area contributed by atoms with Crippen molar-refractivity contribution in [2.75, 3.05) is 6.54 Å². The Morgan fingerprint density at radius 3 is 2.29 bits per heavy atom. The molecule has 4 rings (SSSR count). The van der Waals surface area contributed by atoms with Crippen molar-refractivity contribution < 1.29 is 14.3 Å². The highest BCUT2D eigenvalue weighted by Gasteiger charge is 2.34. The number of nitrogens with zero attached hydrogens (tertiary/aromatic N) is 1. The number of thioether (sulfide) groups is 1. The highest BCUT2D eigenvalue weighted by atomic mass is 79.9. The second-order valence-corrected chi connectivity index (χ2v) is 10.7. The molecule has 1 fully saturated rings. The van der Waals surface area contributed by atoms with Crippen molar-refractivity contribution in [2.24, 2.45) is 0 Å². The molecule has 0 aromatic heterocycles. The van der Waals surface area contributed by atoms with E-state index >= 15 is 0 Å². The number of hydrogen-bond acceptors (Lipinski definition) is 4. The molecule has 0 bridgehead atoms. The van der Waals surface area contributed by atoms with Gasteiger partial charge < -0.3 is 4.74 Å².